The average Bonchev–Trinajstić information content (AvgIpc) is 2.37. The van der Waals surface area contributed by atoms with Crippen LogP contribution in [0.1, 0.15) is 32.6 Å². The van der Waals surface area contributed by atoms with Crippen molar-refractivity contribution in [2.45, 2.75) is 32.6 Å². The largest absolute Gasteiger partial charge is 0.387 e. The first-order chi connectivity index (χ1) is 8.63. The van der Waals surface area contributed by atoms with Gasteiger partial charge in [-0.15, -0.1) is 0 Å². The van der Waals surface area contributed by atoms with E-state index in [1.165, 1.54) is 0 Å². The zero-order valence-corrected chi connectivity index (χ0v) is 11.0. The Kier molecular flexibility index (Phi) is 3.90. The van der Waals surface area contributed by atoms with Gasteiger partial charge in [-0.1, -0.05) is 13.3 Å². The summed E-state index contributed by atoms with van der Waals surface area (Å²) in [4.78, 5) is 27.3. The first-order valence-corrected chi connectivity index (χ1v) is 6.81. The lowest BCUT2D eigenvalue weighted by molar-refractivity contribution is -0.152. The van der Waals surface area contributed by atoms with E-state index in [2.05, 4.69) is 6.92 Å². The van der Waals surface area contributed by atoms with Crippen LogP contribution in [0.5, 0.6) is 0 Å². The molecule has 0 aromatic heterocycles. The summed E-state index contributed by atoms with van der Waals surface area (Å²) in [7, 11) is 0. The zero-order chi connectivity index (χ0) is 13.2. The van der Waals surface area contributed by atoms with Gasteiger partial charge in [-0.2, -0.15) is 0 Å². The molecular formula is C13H22N2O3. The van der Waals surface area contributed by atoms with Crippen LogP contribution in [-0.4, -0.2) is 59.5 Å². The molecule has 0 unspecified atom stereocenters. The molecule has 0 aromatic carbocycles. The van der Waals surface area contributed by atoms with Crippen molar-refractivity contribution in [3.05, 3.63) is 0 Å². The molecular weight excluding hydrogens is 232 g/mol. The summed E-state index contributed by atoms with van der Waals surface area (Å²) in [6, 6.07) is 0. The molecule has 18 heavy (non-hydrogen) atoms. The highest BCUT2D eigenvalue weighted by molar-refractivity contribution is 5.84. The molecule has 1 saturated heterocycles. The highest BCUT2D eigenvalue weighted by atomic mass is 16.3. The Morgan fingerprint density at radius 3 is 2.06 bits per heavy atom. The quantitative estimate of drug-likeness (QED) is 0.784. The molecule has 1 heterocycles. The molecule has 2 amide bonds. The summed E-state index contributed by atoms with van der Waals surface area (Å²) < 4.78 is 0. The zero-order valence-electron chi connectivity index (χ0n) is 11.0. The molecule has 2 rings (SSSR count). The summed E-state index contributed by atoms with van der Waals surface area (Å²) in [5, 5.41) is 8.80. The molecule has 1 N–H and O–H groups in total. The second kappa shape index (κ2) is 5.26. The highest BCUT2D eigenvalue weighted by Crippen LogP contribution is 2.45. The standard InChI is InChI=1S/C13H22N2O3/c1-2-13(4-3-5-13)12(18)15-8-6-14(7-9-15)11(17)10-16/h16H,2-10H2,1H3. The van der Waals surface area contributed by atoms with Gasteiger partial charge in [0.25, 0.3) is 0 Å². The molecule has 1 aliphatic heterocycles. The third-order valence-corrected chi connectivity index (χ3v) is 4.50. The number of nitrogens with zero attached hydrogens (tertiary/aromatic N) is 2. The third kappa shape index (κ3) is 2.23. The Morgan fingerprint density at radius 2 is 1.67 bits per heavy atom. The van der Waals surface area contributed by atoms with Crippen molar-refractivity contribution in [2.24, 2.45) is 5.41 Å². The first kappa shape index (κ1) is 13.3. The van der Waals surface area contributed by atoms with E-state index in [1.54, 1.807) is 4.90 Å². The van der Waals surface area contributed by atoms with Gasteiger partial charge in [-0.25, -0.2) is 0 Å². The summed E-state index contributed by atoms with van der Waals surface area (Å²) in [6.45, 7) is 3.95. The molecule has 2 aliphatic rings. The number of amides is 2. The Balaban J connectivity index is 1.90. The van der Waals surface area contributed by atoms with Crippen LogP contribution in [0.3, 0.4) is 0 Å². The predicted molar refractivity (Wildman–Crippen MR) is 66.8 cm³/mol. The van der Waals surface area contributed by atoms with Crippen LogP contribution in [0.15, 0.2) is 0 Å². The molecule has 1 aliphatic carbocycles. The fourth-order valence-electron chi connectivity index (χ4n) is 2.92. The normalized spacial score (nSPS) is 22.6. The van der Waals surface area contributed by atoms with Crippen molar-refractivity contribution >= 4 is 11.8 Å². The molecule has 0 aromatic rings. The number of aliphatic hydroxyl groups is 1. The lowest BCUT2D eigenvalue weighted by Gasteiger charge is -2.45. The van der Waals surface area contributed by atoms with E-state index in [9.17, 15) is 9.59 Å². The molecule has 0 atom stereocenters. The summed E-state index contributed by atoms with van der Waals surface area (Å²) in [5.41, 5.74) is -0.108. The van der Waals surface area contributed by atoms with Gasteiger partial charge >= 0.3 is 0 Å². The summed E-state index contributed by atoms with van der Waals surface area (Å²) in [5.74, 6) is 0.0308. The van der Waals surface area contributed by atoms with E-state index in [4.69, 9.17) is 5.11 Å². The minimum absolute atomic E-state index is 0.108. The SMILES string of the molecule is CCC1(C(=O)N2CCN(C(=O)CO)CC2)CCC1. The number of rotatable bonds is 3. The van der Waals surface area contributed by atoms with Gasteiger partial charge < -0.3 is 14.9 Å². The highest BCUT2D eigenvalue weighted by Gasteiger charge is 2.45. The van der Waals surface area contributed by atoms with E-state index in [0.29, 0.717) is 26.2 Å². The van der Waals surface area contributed by atoms with E-state index in [-0.39, 0.29) is 17.2 Å². The maximum absolute atomic E-state index is 12.5. The average molecular weight is 254 g/mol. The van der Waals surface area contributed by atoms with Crippen molar-refractivity contribution in [3.8, 4) is 0 Å². The monoisotopic (exact) mass is 254 g/mol. The number of carbonyl (C=O) groups is 2. The van der Waals surface area contributed by atoms with Gasteiger partial charge in [0.1, 0.15) is 6.61 Å². The Morgan fingerprint density at radius 1 is 1.11 bits per heavy atom. The fraction of sp³-hybridized carbons (Fsp3) is 0.846. The van der Waals surface area contributed by atoms with E-state index in [1.807, 2.05) is 4.90 Å². The smallest absolute Gasteiger partial charge is 0.248 e. The molecule has 1 saturated carbocycles. The van der Waals surface area contributed by atoms with Gasteiger partial charge in [-0.05, 0) is 19.3 Å². The fourth-order valence-corrected chi connectivity index (χ4v) is 2.92. The van der Waals surface area contributed by atoms with Gasteiger partial charge in [0.15, 0.2) is 0 Å². The third-order valence-electron chi connectivity index (χ3n) is 4.50. The van der Waals surface area contributed by atoms with Crippen LogP contribution in [0, 0.1) is 5.41 Å². The van der Waals surface area contributed by atoms with Crippen molar-refractivity contribution in [1.82, 2.24) is 9.80 Å². The minimum Gasteiger partial charge on any atom is -0.387 e. The van der Waals surface area contributed by atoms with Gasteiger partial charge in [0, 0.05) is 31.6 Å². The van der Waals surface area contributed by atoms with Crippen molar-refractivity contribution in [1.29, 1.82) is 0 Å². The topological polar surface area (TPSA) is 60.9 Å². The van der Waals surface area contributed by atoms with Gasteiger partial charge in [0.05, 0.1) is 0 Å². The molecule has 2 fully saturated rings. The second-order valence-electron chi connectivity index (χ2n) is 5.32. The lowest BCUT2D eigenvalue weighted by Crippen LogP contribution is -2.56. The second-order valence-corrected chi connectivity index (χ2v) is 5.32. The van der Waals surface area contributed by atoms with Crippen LogP contribution >= 0.6 is 0 Å². The molecule has 0 radical (unpaired) electrons. The maximum atomic E-state index is 12.5. The summed E-state index contributed by atoms with van der Waals surface area (Å²) in [6.07, 6.45) is 4.10. The number of aliphatic hydroxyl groups excluding tert-OH is 1. The van der Waals surface area contributed by atoms with Crippen LogP contribution in [-0.2, 0) is 9.59 Å². The van der Waals surface area contributed by atoms with Crippen LogP contribution in [0.25, 0.3) is 0 Å². The van der Waals surface area contributed by atoms with E-state index < -0.39 is 6.61 Å². The number of carbonyl (C=O) groups excluding carboxylic acids is 2. The molecule has 0 spiro atoms. The van der Waals surface area contributed by atoms with Crippen LogP contribution < -0.4 is 0 Å². The number of hydrogen-bond acceptors (Lipinski definition) is 3. The Labute approximate surface area is 108 Å². The summed E-state index contributed by atoms with van der Waals surface area (Å²) >= 11 is 0. The Hall–Kier alpha value is -1.10. The number of hydrogen-bond donors (Lipinski definition) is 1. The lowest BCUT2D eigenvalue weighted by atomic mass is 9.66. The maximum Gasteiger partial charge on any atom is 0.248 e. The molecule has 102 valence electrons. The predicted octanol–water partition coefficient (Wildman–Crippen LogP) is 0.230. The molecule has 0 bridgehead atoms. The first-order valence-electron chi connectivity index (χ1n) is 6.81. The minimum atomic E-state index is -0.438. The number of piperazine rings is 1. The van der Waals surface area contributed by atoms with Crippen LogP contribution in [0.2, 0.25) is 0 Å². The van der Waals surface area contributed by atoms with Crippen molar-refractivity contribution < 1.29 is 14.7 Å². The van der Waals surface area contributed by atoms with Crippen molar-refractivity contribution in [3.63, 3.8) is 0 Å². The van der Waals surface area contributed by atoms with Crippen molar-refractivity contribution in [2.75, 3.05) is 32.8 Å². The Bertz CT molecular complexity index is 326. The van der Waals surface area contributed by atoms with Crippen LogP contribution in [0.4, 0.5) is 0 Å². The molecule has 5 nitrogen and oxygen atoms in total. The van der Waals surface area contributed by atoms with Gasteiger partial charge in [0.2, 0.25) is 11.8 Å². The van der Waals surface area contributed by atoms with E-state index in [0.717, 1.165) is 25.7 Å². The van der Waals surface area contributed by atoms with Gasteiger partial charge in [-0.3, -0.25) is 9.59 Å². The molecule has 5 heteroatoms. The van der Waals surface area contributed by atoms with E-state index >= 15 is 0 Å².